The number of hydrogen-bond donors (Lipinski definition) is 3. The second kappa shape index (κ2) is 15.8. The average Bonchev–Trinajstić information content (AvgIpc) is 3.53. The Hall–Kier alpha value is -5.97. The van der Waals surface area contributed by atoms with Crippen LogP contribution in [0, 0.1) is 6.92 Å². The van der Waals surface area contributed by atoms with E-state index in [0.717, 1.165) is 28.0 Å². The molecule has 0 spiro atoms. The Morgan fingerprint density at radius 1 is 0.830 bits per heavy atom. The van der Waals surface area contributed by atoms with Crippen LogP contribution in [0.3, 0.4) is 0 Å². The molecule has 5 rings (SSSR count). The van der Waals surface area contributed by atoms with Gasteiger partial charge in [0.05, 0.1) is 6.21 Å². The van der Waals surface area contributed by atoms with Crippen molar-refractivity contribution in [1.82, 2.24) is 20.9 Å². The van der Waals surface area contributed by atoms with Gasteiger partial charge in [-0.05, 0) is 46.4 Å². The van der Waals surface area contributed by atoms with Crippen molar-refractivity contribution < 1.29 is 23.5 Å². The van der Waals surface area contributed by atoms with Crippen LogP contribution >= 0.6 is 0 Å². The van der Waals surface area contributed by atoms with E-state index in [1.807, 2.05) is 72.8 Å². The zero-order valence-electron chi connectivity index (χ0n) is 26.4. The highest BCUT2D eigenvalue weighted by molar-refractivity contribution is 5.91. The summed E-state index contributed by atoms with van der Waals surface area (Å²) < 4.78 is 17.6. The number of nitrogens with zero attached hydrogens (tertiary/aromatic N) is 3. The molecule has 1 aromatic heterocycles. The third-order valence-electron chi connectivity index (χ3n) is 6.99. The van der Waals surface area contributed by atoms with E-state index in [1.54, 1.807) is 37.4 Å². The Balaban J connectivity index is 1.23. The van der Waals surface area contributed by atoms with Crippen molar-refractivity contribution in [2.75, 3.05) is 5.32 Å². The van der Waals surface area contributed by atoms with E-state index in [1.165, 1.54) is 0 Å². The van der Waals surface area contributed by atoms with Crippen molar-refractivity contribution in [3.05, 3.63) is 137 Å². The highest BCUT2D eigenvalue weighted by Crippen LogP contribution is 2.34. The Kier molecular flexibility index (Phi) is 10.9. The SMILES string of the molecule is Cc1nnc(C(=O)NCc2ccc(NC(=O)N/N=C/c3cc(C(C)C)c(OCc4ccccc4)cc3OCc3ccccc3)cc2)o1. The van der Waals surface area contributed by atoms with Crippen molar-refractivity contribution in [3.8, 4) is 11.5 Å². The summed E-state index contributed by atoms with van der Waals surface area (Å²) in [7, 11) is 0. The molecule has 3 N–H and O–H groups in total. The molecule has 0 aliphatic carbocycles. The van der Waals surface area contributed by atoms with Gasteiger partial charge in [-0.3, -0.25) is 4.79 Å². The Bertz CT molecular complexity index is 1810. The van der Waals surface area contributed by atoms with E-state index in [2.05, 4.69) is 45.2 Å². The second-order valence-corrected chi connectivity index (χ2v) is 11.0. The van der Waals surface area contributed by atoms with Crippen molar-refractivity contribution in [1.29, 1.82) is 0 Å². The minimum absolute atomic E-state index is 0.0966. The van der Waals surface area contributed by atoms with Gasteiger partial charge in [0.1, 0.15) is 24.7 Å². The first kappa shape index (κ1) is 32.4. The van der Waals surface area contributed by atoms with Gasteiger partial charge < -0.3 is 24.5 Å². The number of benzene rings is 4. The molecule has 0 aliphatic heterocycles. The smallest absolute Gasteiger partial charge is 0.339 e. The first-order chi connectivity index (χ1) is 22.8. The van der Waals surface area contributed by atoms with Gasteiger partial charge in [-0.1, -0.05) is 86.6 Å². The van der Waals surface area contributed by atoms with Gasteiger partial charge in [-0.2, -0.15) is 5.10 Å². The summed E-state index contributed by atoms with van der Waals surface area (Å²) in [5, 5.41) is 17.0. The fourth-order valence-electron chi connectivity index (χ4n) is 4.54. The maximum Gasteiger partial charge on any atom is 0.339 e. The Morgan fingerprint density at radius 2 is 1.47 bits per heavy atom. The summed E-state index contributed by atoms with van der Waals surface area (Å²) in [4.78, 5) is 24.8. The second-order valence-electron chi connectivity index (χ2n) is 11.0. The van der Waals surface area contributed by atoms with Crippen molar-refractivity contribution >= 4 is 23.8 Å². The molecule has 47 heavy (non-hydrogen) atoms. The molecule has 3 amide bonds. The largest absolute Gasteiger partial charge is 0.488 e. The zero-order chi connectivity index (χ0) is 33.0. The molecular weight excluding hydrogens is 596 g/mol. The van der Waals surface area contributed by atoms with E-state index in [4.69, 9.17) is 13.9 Å². The third kappa shape index (κ3) is 9.51. The Labute approximate surface area is 273 Å². The van der Waals surface area contributed by atoms with Crippen LogP contribution in [0.25, 0.3) is 0 Å². The molecule has 4 aromatic carbocycles. The number of aromatic nitrogens is 2. The number of hydrazone groups is 1. The fourth-order valence-corrected chi connectivity index (χ4v) is 4.54. The van der Waals surface area contributed by atoms with E-state index in [-0.39, 0.29) is 18.4 Å². The average molecular weight is 633 g/mol. The third-order valence-corrected chi connectivity index (χ3v) is 6.99. The van der Waals surface area contributed by atoms with Gasteiger partial charge in [0.15, 0.2) is 0 Å². The van der Waals surface area contributed by atoms with E-state index < -0.39 is 11.9 Å². The van der Waals surface area contributed by atoms with Gasteiger partial charge in [0.2, 0.25) is 5.89 Å². The lowest BCUT2D eigenvalue weighted by Crippen LogP contribution is -2.24. The Morgan fingerprint density at radius 3 is 2.06 bits per heavy atom. The number of amides is 3. The van der Waals surface area contributed by atoms with Gasteiger partial charge in [0, 0.05) is 30.8 Å². The molecule has 5 aromatic rings. The quantitative estimate of drug-likeness (QED) is 0.0964. The minimum atomic E-state index is -0.521. The fraction of sp³-hybridized carbons (Fsp3) is 0.194. The number of hydrogen-bond acceptors (Lipinski definition) is 8. The molecule has 240 valence electrons. The van der Waals surface area contributed by atoms with Crippen molar-refractivity contribution in [2.45, 2.75) is 46.4 Å². The summed E-state index contributed by atoms with van der Waals surface area (Å²) in [6.07, 6.45) is 1.56. The first-order valence-electron chi connectivity index (χ1n) is 15.1. The molecule has 11 nitrogen and oxygen atoms in total. The van der Waals surface area contributed by atoms with Crippen molar-refractivity contribution in [2.24, 2.45) is 5.10 Å². The number of carbonyl (C=O) groups is 2. The lowest BCUT2D eigenvalue weighted by Gasteiger charge is -2.18. The molecule has 11 heteroatoms. The predicted octanol–water partition coefficient (Wildman–Crippen LogP) is 6.75. The molecule has 0 bridgehead atoms. The van der Waals surface area contributed by atoms with Crippen LogP contribution in [0.2, 0.25) is 0 Å². The maximum atomic E-state index is 12.6. The van der Waals surface area contributed by atoms with Crippen LogP contribution in [-0.4, -0.2) is 28.4 Å². The standard InChI is InChI=1S/C36H36N6O5/c1-24(2)31-18-29(32(45-22-27-10-6-4-7-11-27)19-33(31)46-23-28-12-8-5-9-13-28)21-38-42-36(44)39-30-16-14-26(15-17-30)20-37-34(43)35-41-40-25(3)47-35/h4-19,21,24H,20,22-23H2,1-3H3,(H,37,43)(H2,39,42,44)/b38-21+. The number of ether oxygens (including phenoxy) is 2. The highest BCUT2D eigenvalue weighted by Gasteiger charge is 2.16. The number of anilines is 1. The van der Waals surface area contributed by atoms with Gasteiger partial charge in [0.25, 0.3) is 0 Å². The summed E-state index contributed by atoms with van der Waals surface area (Å²) >= 11 is 0. The van der Waals surface area contributed by atoms with Crippen LogP contribution in [0.1, 0.15) is 64.2 Å². The molecule has 1 heterocycles. The molecule has 0 saturated heterocycles. The molecular formula is C36H36N6O5. The number of urea groups is 1. The van der Waals surface area contributed by atoms with E-state index in [9.17, 15) is 9.59 Å². The summed E-state index contributed by atoms with van der Waals surface area (Å²) in [5.74, 6) is 1.21. The maximum absolute atomic E-state index is 12.6. The van der Waals surface area contributed by atoms with Crippen LogP contribution in [0.4, 0.5) is 10.5 Å². The lowest BCUT2D eigenvalue weighted by molar-refractivity contribution is 0.0914. The summed E-state index contributed by atoms with van der Waals surface area (Å²) in [5.41, 5.74) is 7.65. The number of carbonyl (C=O) groups excluding carboxylic acids is 2. The normalized spacial score (nSPS) is 11.0. The van der Waals surface area contributed by atoms with Crippen LogP contribution in [-0.2, 0) is 19.8 Å². The molecule has 0 saturated carbocycles. The molecule has 0 fully saturated rings. The molecule has 0 aliphatic rings. The van der Waals surface area contributed by atoms with E-state index >= 15 is 0 Å². The number of aryl methyl sites for hydroxylation is 1. The minimum Gasteiger partial charge on any atom is -0.488 e. The molecule has 0 atom stereocenters. The monoisotopic (exact) mass is 632 g/mol. The summed E-state index contributed by atoms with van der Waals surface area (Å²) in [6, 6.07) is 30.2. The number of rotatable bonds is 13. The van der Waals surface area contributed by atoms with Gasteiger partial charge in [-0.15, -0.1) is 10.2 Å². The summed E-state index contributed by atoms with van der Waals surface area (Å²) in [6.45, 7) is 6.82. The highest BCUT2D eigenvalue weighted by atomic mass is 16.5. The van der Waals surface area contributed by atoms with Crippen LogP contribution in [0.5, 0.6) is 11.5 Å². The zero-order valence-corrected chi connectivity index (χ0v) is 26.4. The van der Waals surface area contributed by atoms with Crippen molar-refractivity contribution in [3.63, 3.8) is 0 Å². The van der Waals surface area contributed by atoms with Gasteiger partial charge in [-0.25, -0.2) is 10.2 Å². The van der Waals surface area contributed by atoms with Crippen LogP contribution < -0.4 is 25.5 Å². The predicted molar refractivity (Wildman–Crippen MR) is 178 cm³/mol. The van der Waals surface area contributed by atoms with Crippen LogP contribution in [0.15, 0.2) is 107 Å². The van der Waals surface area contributed by atoms with E-state index in [0.29, 0.717) is 36.1 Å². The first-order valence-corrected chi connectivity index (χ1v) is 15.1. The topological polar surface area (TPSA) is 140 Å². The molecule has 0 unspecified atom stereocenters. The van der Waals surface area contributed by atoms with Gasteiger partial charge >= 0.3 is 17.8 Å². The molecule has 0 radical (unpaired) electrons. The number of nitrogens with one attached hydrogen (secondary N) is 3. The lowest BCUT2D eigenvalue weighted by atomic mass is 9.99.